The van der Waals surface area contributed by atoms with Gasteiger partial charge in [0.15, 0.2) is 0 Å². The van der Waals surface area contributed by atoms with Gasteiger partial charge in [-0.1, -0.05) is 29.7 Å². The van der Waals surface area contributed by atoms with Crippen molar-refractivity contribution >= 4 is 27.1 Å². The maximum absolute atomic E-state index is 14.9. The van der Waals surface area contributed by atoms with Gasteiger partial charge in [-0.2, -0.15) is 5.26 Å². The standard InChI is InChI=1S/C20H12FN3O2S/c21-14-9-24-15(7-13(14)12-4-2-1-3-11(12)8-22)16(10-5-6-10)18-17(20(24)26)19(25)23-27-18/h1-4,7,9-10H,5-6H2,(H,23,25). The van der Waals surface area contributed by atoms with Crippen molar-refractivity contribution in [3.8, 4) is 17.2 Å². The second-order valence-electron chi connectivity index (χ2n) is 6.68. The molecule has 0 spiro atoms. The first-order valence-corrected chi connectivity index (χ1v) is 9.30. The minimum Gasteiger partial charge on any atom is -0.280 e. The summed E-state index contributed by atoms with van der Waals surface area (Å²) in [4.78, 5) is 24.9. The molecule has 132 valence electrons. The van der Waals surface area contributed by atoms with E-state index in [0.717, 1.165) is 36.1 Å². The molecule has 0 amide bonds. The summed E-state index contributed by atoms with van der Waals surface area (Å²) in [5.74, 6) is -0.362. The van der Waals surface area contributed by atoms with Crippen LogP contribution in [0.25, 0.3) is 26.7 Å². The van der Waals surface area contributed by atoms with Crippen LogP contribution in [0, 0.1) is 17.1 Å². The van der Waals surface area contributed by atoms with Crippen LogP contribution in [0.1, 0.15) is 29.9 Å². The number of fused-ring (bicyclic) bond motifs is 2. The Labute approximate surface area is 156 Å². The molecule has 5 rings (SSSR count). The molecular formula is C20H12FN3O2S. The zero-order valence-corrected chi connectivity index (χ0v) is 14.8. The third-order valence-electron chi connectivity index (χ3n) is 5.02. The number of H-pyrrole nitrogens is 1. The molecule has 3 heterocycles. The van der Waals surface area contributed by atoms with Crippen LogP contribution in [0.2, 0.25) is 0 Å². The molecule has 4 aromatic rings. The molecule has 0 atom stereocenters. The predicted molar refractivity (Wildman–Crippen MR) is 102 cm³/mol. The minimum atomic E-state index is -0.611. The molecule has 0 unspecified atom stereocenters. The van der Waals surface area contributed by atoms with Crippen LogP contribution < -0.4 is 11.1 Å². The summed E-state index contributed by atoms with van der Waals surface area (Å²) in [6, 6.07) is 10.5. The van der Waals surface area contributed by atoms with E-state index in [9.17, 15) is 19.2 Å². The number of aromatic nitrogens is 2. The van der Waals surface area contributed by atoms with Gasteiger partial charge in [-0.05, 0) is 36.5 Å². The second kappa shape index (κ2) is 5.63. The SMILES string of the molecule is N#Cc1ccccc1-c1cc2c(C3CC3)c3s[nH]c(=O)c3c(=O)n2cc1F. The minimum absolute atomic E-state index is 0.0870. The van der Waals surface area contributed by atoms with Crippen molar-refractivity contribution in [2.45, 2.75) is 18.8 Å². The van der Waals surface area contributed by atoms with E-state index in [1.807, 2.05) is 0 Å². The van der Waals surface area contributed by atoms with Gasteiger partial charge in [-0.15, -0.1) is 0 Å². The van der Waals surface area contributed by atoms with E-state index >= 15 is 0 Å². The third kappa shape index (κ3) is 2.27. The van der Waals surface area contributed by atoms with Gasteiger partial charge in [0.25, 0.3) is 11.1 Å². The summed E-state index contributed by atoms with van der Waals surface area (Å²) in [5, 5.41) is 9.45. The van der Waals surface area contributed by atoms with E-state index in [-0.39, 0.29) is 16.9 Å². The van der Waals surface area contributed by atoms with Gasteiger partial charge in [0.05, 0.1) is 21.8 Å². The van der Waals surface area contributed by atoms with Crippen molar-refractivity contribution in [2.75, 3.05) is 0 Å². The fraction of sp³-hybridized carbons (Fsp3) is 0.150. The van der Waals surface area contributed by atoms with E-state index in [4.69, 9.17) is 0 Å². The molecule has 27 heavy (non-hydrogen) atoms. The number of nitrogens with zero attached hydrogens (tertiary/aromatic N) is 2. The molecule has 7 heteroatoms. The van der Waals surface area contributed by atoms with Crippen LogP contribution in [-0.4, -0.2) is 8.77 Å². The molecule has 0 bridgehead atoms. The number of halogens is 1. The molecular weight excluding hydrogens is 365 g/mol. The highest BCUT2D eigenvalue weighted by Gasteiger charge is 2.31. The molecule has 0 aliphatic heterocycles. The van der Waals surface area contributed by atoms with Gasteiger partial charge in [0.1, 0.15) is 11.2 Å². The lowest BCUT2D eigenvalue weighted by Gasteiger charge is -2.12. The number of pyridine rings is 2. The largest absolute Gasteiger partial charge is 0.280 e. The number of hydrogen-bond donors (Lipinski definition) is 1. The third-order valence-corrected chi connectivity index (χ3v) is 5.93. The zero-order valence-electron chi connectivity index (χ0n) is 14.0. The number of nitrogens with one attached hydrogen (secondary N) is 1. The average Bonchev–Trinajstić information content (AvgIpc) is 3.44. The molecule has 0 radical (unpaired) electrons. The fourth-order valence-electron chi connectivity index (χ4n) is 3.61. The van der Waals surface area contributed by atoms with Gasteiger partial charge in [-0.3, -0.25) is 18.4 Å². The van der Waals surface area contributed by atoms with Crippen molar-refractivity contribution < 1.29 is 4.39 Å². The van der Waals surface area contributed by atoms with E-state index in [0.29, 0.717) is 21.3 Å². The number of rotatable bonds is 2. The van der Waals surface area contributed by atoms with Crippen LogP contribution in [0.3, 0.4) is 0 Å². The summed E-state index contributed by atoms with van der Waals surface area (Å²) in [6.07, 6.45) is 3.07. The Bertz CT molecular complexity index is 1400. The number of benzene rings is 1. The first-order valence-electron chi connectivity index (χ1n) is 8.48. The Morgan fingerprint density at radius 2 is 2.00 bits per heavy atom. The lowest BCUT2D eigenvalue weighted by Crippen LogP contribution is -2.20. The Kier molecular flexibility index (Phi) is 3.33. The van der Waals surface area contributed by atoms with Crippen LogP contribution in [0.15, 0.2) is 46.1 Å². The highest BCUT2D eigenvalue weighted by atomic mass is 32.1. The summed E-state index contributed by atoms with van der Waals surface area (Å²) in [6.45, 7) is 0. The molecule has 0 saturated heterocycles. The lowest BCUT2D eigenvalue weighted by atomic mass is 9.98. The van der Waals surface area contributed by atoms with E-state index in [1.54, 1.807) is 30.3 Å². The number of nitriles is 1. The van der Waals surface area contributed by atoms with Gasteiger partial charge in [0.2, 0.25) is 0 Å². The van der Waals surface area contributed by atoms with Crippen molar-refractivity contribution in [1.29, 1.82) is 5.26 Å². The van der Waals surface area contributed by atoms with E-state index in [1.165, 1.54) is 4.40 Å². The van der Waals surface area contributed by atoms with Gasteiger partial charge in [-0.25, -0.2) is 4.39 Å². The van der Waals surface area contributed by atoms with Crippen molar-refractivity contribution in [1.82, 2.24) is 8.77 Å². The average molecular weight is 377 g/mol. The molecule has 1 saturated carbocycles. The maximum atomic E-state index is 14.9. The van der Waals surface area contributed by atoms with Gasteiger partial charge >= 0.3 is 0 Å². The Hall–Kier alpha value is -3.24. The van der Waals surface area contributed by atoms with E-state index in [2.05, 4.69) is 10.4 Å². The summed E-state index contributed by atoms with van der Waals surface area (Å²) in [5.41, 5.74) is 1.66. The van der Waals surface area contributed by atoms with Crippen LogP contribution in [-0.2, 0) is 0 Å². The van der Waals surface area contributed by atoms with E-state index < -0.39 is 16.9 Å². The normalized spacial score (nSPS) is 13.9. The summed E-state index contributed by atoms with van der Waals surface area (Å²) in [7, 11) is 0. The molecule has 5 nitrogen and oxygen atoms in total. The van der Waals surface area contributed by atoms with Crippen LogP contribution in [0.5, 0.6) is 0 Å². The molecule has 1 fully saturated rings. The fourth-order valence-corrected chi connectivity index (χ4v) is 4.57. The smallest absolute Gasteiger partial charge is 0.271 e. The summed E-state index contributed by atoms with van der Waals surface area (Å²) < 4.78 is 19.4. The number of aromatic amines is 1. The first-order chi connectivity index (χ1) is 13.1. The monoisotopic (exact) mass is 377 g/mol. The maximum Gasteiger partial charge on any atom is 0.271 e. The van der Waals surface area contributed by atoms with Crippen molar-refractivity contribution in [2.24, 2.45) is 0 Å². The van der Waals surface area contributed by atoms with Gasteiger partial charge in [0, 0.05) is 17.3 Å². The topological polar surface area (TPSA) is 78.1 Å². The molecule has 1 aliphatic rings. The zero-order chi connectivity index (χ0) is 18.7. The van der Waals surface area contributed by atoms with Crippen molar-refractivity contribution in [3.05, 3.63) is 74.2 Å². The van der Waals surface area contributed by atoms with Crippen LogP contribution in [0.4, 0.5) is 4.39 Å². The Balaban J connectivity index is 1.95. The summed E-state index contributed by atoms with van der Waals surface area (Å²) >= 11 is 1.15. The molecule has 1 aliphatic carbocycles. The number of hydrogen-bond acceptors (Lipinski definition) is 4. The quantitative estimate of drug-likeness (QED) is 0.578. The lowest BCUT2D eigenvalue weighted by molar-refractivity contribution is 0.621. The second-order valence-corrected chi connectivity index (χ2v) is 7.49. The predicted octanol–water partition coefficient (Wildman–Crippen LogP) is 3.76. The molecule has 1 aromatic carbocycles. The first kappa shape index (κ1) is 16.0. The molecule has 3 aromatic heterocycles. The highest BCUT2D eigenvalue weighted by Crippen LogP contribution is 2.45. The van der Waals surface area contributed by atoms with Gasteiger partial charge < -0.3 is 0 Å². The Morgan fingerprint density at radius 3 is 2.74 bits per heavy atom. The Morgan fingerprint density at radius 1 is 1.22 bits per heavy atom. The van der Waals surface area contributed by atoms with Crippen LogP contribution >= 0.6 is 11.5 Å². The molecule has 1 N–H and O–H groups in total. The van der Waals surface area contributed by atoms with Crippen molar-refractivity contribution in [3.63, 3.8) is 0 Å². The highest BCUT2D eigenvalue weighted by molar-refractivity contribution is 7.13.